The number of rotatable bonds is 14. The van der Waals surface area contributed by atoms with Crippen molar-refractivity contribution in [3.63, 3.8) is 0 Å². The number of aliphatic carboxylic acids is 1. The number of para-hydroxylation sites is 1. The Bertz CT molecular complexity index is 1160. The molecule has 12 N–H and O–H groups in total. The quantitative estimate of drug-likeness (QED) is 0.0742. The van der Waals surface area contributed by atoms with Crippen LogP contribution in [0.5, 0.6) is 0 Å². The molecule has 0 radical (unpaired) electrons. The molecule has 2 rings (SSSR count). The molecule has 0 spiro atoms. The first kappa shape index (κ1) is 30.1. The van der Waals surface area contributed by atoms with Crippen LogP contribution in [-0.4, -0.2) is 81.7 Å². The Labute approximate surface area is 219 Å². The number of amides is 3. The third-order valence-electron chi connectivity index (χ3n) is 5.77. The fourth-order valence-electron chi connectivity index (χ4n) is 3.72. The van der Waals surface area contributed by atoms with Crippen molar-refractivity contribution in [1.82, 2.24) is 20.9 Å². The van der Waals surface area contributed by atoms with Gasteiger partial charge in [0.15, 0.2) is 12.0 Å². The minimum Gasteiger partial charge on any atom is -0.480 e. The SMILES string of the molecule is CC(N)C(=O)NC(CCCN=C(N)N)C(=O)NC(Cc1c[nH]c2ccccc12)C(=O)NC(C(=O)O)C(C)O. The average molecular weight is 533 g/mol. The van der Waals surface area contributed by atoms with Gasteiger partial charge in [0.25, 0.3) is 0 Å². The highest BCUT2D eigenvalue weighted by Gasteiger charge is 2.32. The summed E-state index contributed by atoms with van der Waals surface area (Å²) in [5.41, 5.74) is 17.8. The number of aromatic amines is 1. The molecule has 0 saturated heterocycles. The number of nitrogens with zero attached hydrogens (tertiary/aromatic N) is 1. The number of H-pyrrole nitrogens is 1. The summed E-state index contributed by atoms with van der Waals surface area (Å²) in [6.45, 7) is 2.88. The van der Waals surface area contributed by atoms with Gasteiger partial charge in [0.2, 0.25) is 17.7 Å². The van der Waals surface area contributed by atoms with Crippen LogP contribution in [0.2, 0.25) is 0 Å². The normalized spacial score (nSPS) is 14.9. The molecule has 3 amide bonds. The van der Waals surface area contributed by atoms with Crippen LogP contribution in [0.25, 0.3) is 10.9 Å². The summed E-state index contributed by atoms with van der Waals surface area (Å²) in [5.74, 6) is -3.65. The van der Waals surface area contributed by atoms with Gasteiger partial charge in [0.1, 0.15) is 12.1 Å². The number of carboxylic acid groups (broad SMARTS) is 1. The van der Waals surface area contributed by atoms with Gasteiger partial charge < -0.3 is 48.3 Å². The van der Waals surface area contributed by atoms with Crippen molar-refractivity contribution < 1.29 is 29.4 Å². The molecule has 0 fully saturated rings. The number of aliphatic imine (C=N–C) groups is 1. The summed E-state index contributed by atoms with van der Waals surface area (Å²) in [6, 6.07) is 2.52. The van der Waals surface area contributed by atoms with E-state index in [4.69, 9.17) is 17.2 Å². The highest BCUT2D eigenvalue weighted by Crippen LogP contribution is 2.19. The molecule has 0 aliphatic heterocycles. The number of hydrogen-bond donors (Lipinski definition) is 9. The largest absolute Gasteiger partial charge is 0.480 e. The van der Waals surface area contributed by atoms with E-state index in [-0.39, 0.29) is 25.3 Å². The van der Waals surface area contributed by atoms with E-state index in [0.29, 0.717) is 12.0 Å². The zero-order chi connectivity index (χ0) is 28.4. The topological polar surface area (TPSA) is 251 Å². The van der Waals surface area contributed by atoms with E-state index in [1.54, 1.807) is 6.20 Å². The minimum atomic E-state index is -1.60. The molecule has 0 aliphatic carbocycles. The molecule has 5 atom stereocenters. The summed E-state index contributed by atoms with van der Waals surface area (Å²) in [7, 11) is 0. The summed E-state index contributed by atoms with van der Waals surface area (Å²) in [6.07, 6.45) is 0.751. The van der Waals surface area contributed by atoms with Crippen LogP contribution < -0.4 is 33.2 Å². The molecule has 14 nitrogen and oxygen atoms in total. The molecule has 0 saturated carbocycles. The van der Waals surface area contributed by atoms with Crippen LogP contribution in [0.1, 0.15) is 32.3 Å². The summed E-state index contributed by atoms with van der Waals surface area (Å²) >= 11 is 0. The number of fused-ring (bicyclic) bond motifs is 1. The Morgan fingerprint density at radius 1 is 1.00 bits per heavy atom. The third kappa shape index (κ3) is 8.74. The van der Waals surface area contributed by atoms with Crippen LogP contribution in [0.15, 0.2) is 35.5 Å². The molecule has 14 heteroatoms. The maximum absolute atomic E-state index is 13.3. The maximum atomic E-state index is 13.3. The minimum absolute atomic E-state index is 0.00427. The Hall–Kier alpha value is -4.17. The second kappa shape index (κ2) is 13.9. The summed E-state index contributed by atoms with van der Waals surface area (Å²) < 4.78 is 0. The second-order valence-electron chi connectivity index (χ2n) is 8.99. The van der Waals surface area contributed by atoms with Gasteiger partial charge in [-0.2, -0.15) is 0 Å². The fourth-order valence-corrected chi connectivity index (χ4v) is 3.72. The monoisotopic (exact) mass is 532 g/mol. The smallest absolute Gasteiger partial charge is 0.328 e. The van der Waals surface area contributed by atoms with Crippen molar-refractivity contribution in [2.75, 3.05) is 6.54 Å². The van der Waals surface area contributed by atoms with Crippen LogP contribution in [0.3, 0.4) is 0 Å². The number of aliphatic hydroxyl groups excluding tert-OH is 1. The molecule has 0 aliphatic rings. The molecular formula is C24H36N8O6. The van der Waals surface area contributed by atoms with Gasteiger partial charge in [-0.05, 0) is 38.3 Å². The van der Waals surface area contributed by atoms with E-state index in [9.17, 15) is 29.4 Å². The average Bonchev–Trinajstić information content (AvgIpc) is 3.25. The molecule has 38 heavy (non-hydrogen) atoms. The number of guanidine groups is 1. The van der Waals surface area contributed by atoms with E-state index in [0.717, 1.165) is 10.9 Å². The van der Waals surface area contributed by atoms with Crippen molar-refractivity contribution in [2.45, 2.75) is 63.4 Å². The van der Waals surface area contributed by atoms with Gasteiger partial charge >= 0.3 is 5.97 Å². The lowest BCUT2D eigenvalue weighted by molar-refractivity contribution is -0.145. The van der Waals surface area contributed by atoms with Crippen LogP contribution in [0.4, 0.5) is 0 Å². The Morgan fingerprint density at radius 2 is 1.63 bits per heavy atom. The van der Waals surface area contributed by atoms with E-state index in [1.807, 2.05) is 24.3 Å². The van der Waals surface area contributed by atoms with E-state index < -0.39 is 54.0 Å². The Kier molecular flexibility index (Phi) is 11.0. The predicted octanol–water partition coefficient (Wildman–Crippen LogP) is -1.97. The van der Waals surface area contributed by atoms with Crippen molar-refractivity contribution >= 4 is 40.6 Å². The number of carbonyl (C=O) groups excluding carboxylic acids is 3. The van der Waals surface area contributed by atoms with E-state index >= 15 is 0 Å². The molecule has 1 aromatic heterocycles. The Morgan fingerprint density at radius 3 is 2.24 bits per heavy atom. The molecular weight excluding hydrogens is 496 g/mol. The van der Waals surface area contributed by atoms with Crippen molar-refractivity contribution in [1.29, 1.82) is 0 Å². The van der Waals surface area contributed by atoms with Gasteiger partial charge in [-0.25, -0.2) is 4.79 Å². The first-order valence-electron chi connectivity index (χ1n) is 12.1. The standard InChI is InChI=1S/C24H36N8O6/c1-12(25)20(34)30-17(8-5-9-28-24(26)27)21(35)31-18(22(36)32-19(13(2)33)23(37)38)10-14-11-29-16-7-4-3-6-15(14)16/h3-4,6-7,11-13,17-19,29,33H,5,8-10,25H2,1-2H3,(H,30,34)(H,31,35)(H,32,36)(H,37,38)(H4,26,27,28). The number of nitrogens with two attached hydrogens (primary N) is 3. The summed E-state index contributed by atoms with van der Waals surface area (Å²) in [5, 5.41) is 27.5. The maximum Gasteiger partial charge on any atom is 0.328 e. The number of nitrogens with one attached hydrogen (secondary N) is 4. The first-order chi connectivity index (χ1) is 17.9. The van der Waals surface area contributed by atoms with Crippen LogP contribution in [-0.2, 0) is 25.6 Å². The van der Waals surface area contributed by atoms with Gasteiger partial charge in [0.05, 0.1) is 12.1 Å². The molecule has 5 unspecified atom stereocenters. The lowest BCUT2D eigenvalue weighted by Crippen LogP contribution is -2.58. The fraction of sp³-hybridized carbons (Fsp3) is 0.458. The molecule has 2 aromatic rings. The lowest BCUT2D eigenvalue weighted by Gasteiger charge is -2.25. The predicted molar refractivity (Wildman–Crippen MR) is 141 cm³/mol. The van der Waals surface area contributed by atoms with Crippen LogP contribution >= 0.6 is 0 Å². The van der Waals surface area contributed by atoms with Crippen LogP contribution in [0, 0.1) is 0 Å². The lowest BCUT2D eigenvalue weighted by atomic mass is 10.0. The summed E-state index contributed by atoms with van der Waals surface area (Å²) in [4.78, 5) is 57.2. The third-order valence-corrected chi connectivity index (χ3v) is 5.77. The highest BCUT2D eigenvalue weighted by molar-refractivity contribution is 5.95. The number of carbonyl (C=O) groups is 4. The highest BCUT2D eigenvalue weighted by atomic mass is 16.4. The number of hydrogen-bond acceptors (Lipinski definition) is 7. The van der Waals surface area contributed by atoms with Crippen molar-refractivity contribution in [3.8, 4) is 0 Å². The molecule has 0 bridgehead atoms. The number of aromatic nitrogens is 1. The van der Waals surface area contributed by atoms with E-state index in [2.05, 4.69) is 25.9 Å². The first-order valence-corrected chi connectivity index (χ1v) is 12.1. The molecule has 208 valence electrons. The van der Waals surface area contributed by atoms with Gasteiger partial charge in [-0.1, -0.05) is 18.2 Å². The second-order valence-corrected chi connectivity index (χ2v) is 8.99. The number of carboxylic acids is 1. The molecule has 1 aromatic carbocycles. The van der Waals surface area contributed by atoms with Crippen molar-refractivity contribution in [2.24, 2.45) is 22.2 Å². The van der Waals surface area contributed by atoms with Gasteiger partial charge in [-0.3, -0.25) is 19.4 Å². The Balaban J connectivity index is 2.31. The van der Waals surface area contributed by atoms with Crippen molar-refractivity contribution in [3.05, 3.63) is 36.0 Å². The molecule has 1 heterocycles. The number of benzene rings is 1. The number of aliphatic hydroxyl groups is 1. The van der Waals surface area contributed by atoms with Gasteiger partial charge in [-0.15, -0.1) is 0 Å². The zero-order valence-corrected chi connectivity index (χ0v) is 21.3. The van der Waals surface area contributed by atoms with E-state index in [1.165, 1.54) is 13.8 Å². The zero-order valence-electron chi connectivity index (χ0n) is 21.3. The van der Waals surface area contributed by atoms with Gasteiger partial charge in [0, 0.05) is 30.1 Å².